The van der Waals surface area contributed by atoms with Crippen molar-refractivity contribution in [2.45, 2.75) is 0 Å². The highest BCUT2D eigenvalue weighted by Crippen LogP contribution is 2.17. The van der Waals surface area contributed by atoms with Gasteiger partial charge in [-0.25, -0.2) is 4.98 Å². The van der Waals surface area contributed by atoms with Gasteiger partial charge < -0.3 is 15.9 Å². The number of rotatable bonds is 1. The summed E-state index contributed by atoms with van der Waals surface area (Å²) in [4.78, 5) is 11.6. The van der Waals surface area contributed by atoms with Gasteiger partial charge in [0.25, 0.3) is 0 Å². The molecule has 2 aromatic heterocycles. The van der Waals surface area contributed by atoms with Gasteiger partial charge in [0.15, 0.2) is 5.96 Å². The van der Waals surface area contributed by atoms with Crippen LogP contribution in [-0.4, -0.2) is 15.9 Å². The van der Waals surface area contributed by atoms with Gasteiger partial charge in [0, 0.05) is 6.20 Å². The molecule has 0 radical (unpaired) electrons. The second-order valence-electron chi connectivity index (χ2n) is 2.36. The molecule has 2 rings (SSSR count). The SMILES string of the molecule is NC(N)=Nc1nc2cccnc2o1. The molecule has 0 aliphatic rings. The third-order valence-corrected chi connectivity index (χ3v) is 1.38. The molecule has 0 aliphatic carbocycles. The fourth-order valence-electron chi connectivity index (χ4n) is 0.917. The maximum absolute atomic E-state index is 5.15. The van der Waals surface area contributed by atoms with Crippen molar-refractivity contribution < 1.29 is 4.42 Å². The molecule has 0 saturated carbocycles. The molecule has 13 heavy (non-hydrogen) atoms. The first-order valence-electron chi connectivity index (χ1n) is 3.57. The average Bonchev–Trinajstić information content (AvgIpc) is 2.44. The predicted molar refractivity (Wildman–Crippen MR) is 47.3 cm³/mol. The van der Waals surface area contributed by atoms with E-state index in [1.165, 1.54) is 0 Å². The first-order chi connectivity index (χ1) is 6.25. The van der Waals surface area contributed by atoms with Gasteiger partial charge >= 0.3 is 6.01 Å². The summed E-state index contributed by atoms with van der Waals surface area (Å²) in [5.74, 6) is -0.0912. The van der Waals surface area contributed by atoms with Crippen LogP contribution < -0.4 is 11.5 Å². The third-order valence-electron chi connectivity index (χ3n) is 1.38. The van der Waals surface area contributed by atoms with Crippen molar-refractivity contribution in [3.05, 3.63) is 18.3 Å². The highest BCUT2D eigenvalue weighted by atomic mass is 16.4. The summed E-state index contributed by atoms with van der Waals surface area (Å²) < 4.78 is 5.11. The first-order valence-corrected chi connectivity index (χ1v) is 3.57. The Bertz CT molecular complexity index is 424. The van der Waals surface area contributed by atoms with E-state index in [-0.39, 0.29) is 12.0 Å². The second-order valence-corrected chi connectivity index (χ2v) is 2.36. The van der Waals surface area contributed by atoms with Crippen molar-refractivity contribution in [2.75, 3.05) is 0 Å². The van der Waals surface area contributed by atoms with Crippen LogP contribution in [0.25, 0.3) is 11.2 Å². The van der Waals surface area contributed by atoms with Crippen LogP contribution in [0.4, 0.5) is 6.01 Å². The summed E-state index contributed by atoms with van der Waals surface area (Å²) in [6.45, 7) is 0. The summed E-state index contributed by atoms with van der Waals surface area (Å²) >= 11 is 0. The Morgan fingerprint density at radius 3 is 3.00 bits per heavy atom. The smallest absolute Gasteiger partial charge is 0.327 e. The van der Waals surface area contributed by atoms with Gasteiger partial charge in [-0.15, -0.1) is 0 Å². The fourth-order valence-corrected chi connectivity index (χ4v) is 0.917. The minimum atomic E-state index is -0.0912. The van der Waals surface area contributed by atoms with Crippen LogP contribution in [0.2, 0.25) is 0 Å². The quantitative estimate of drug-likeness (QED) is 0.476. The van der Waals surface area contributed by atoms with Gasteiger partial charge in [-0.3, -0.25) is 0 Å². The van der Waals surface area contributed by atoms with Gasteiger partial charge in [-0.05, 0) is 12.1 Å². The summed E-state index contributed by atoms with van der Waals surface area (Å²) in [6, 6.07) is 3.63. The molecule has 2 aromatic rings. The Balaban J connectivity index is 2.56. The van der Waals surface area contributed by atoms with E-state index in [2.05, 4.69) is 15.0 Å². The molecule has 0 aromatic carbocycles. The van der Waals surface area contributed by atoms with E-state index in [0.717, 1.165) is 0 Å². The second kappa shape index (κ2) is 2.74. The van der Waals surface area contributed by atoms with Crippen LogP contribution in [-0.2, 0) is 0 Å². The highest BCUT2D eigenvalue weighted by molar-refractivity contribution is 5.78. The Kier molecular flexibility index (Phi) is 1.59. The van der Waals surface area contributed by atoms with Crippen molar-refractivity contribution in [3.63, 3.8) is 0 Å². The van der Waals surface area contributed by atoms with Gasteiger partial charge in [-0.2, -0.15) is 9.98 Å². The van der Waals surface area contributed by atoms with Crippen LogP contribution in [0.3, 0.4) is 0 Å². The van der Waals surface area contributed by atoms with Gasteiger partial charge in [0.05, 0.1) is 0 Å². The number of aromatic nitrogens is 2. The lowest BCUT2D eigenvalue weighted by Crippen LogP contribution is -2.21. The molecule has 0 fully saturated rings. The standard InChI is InChI=1S/C7H7N5O/c8-6(9)12-7-11-4-2-1-3-10-5(4)13-7/h1-3H,(H4,8,9,11,12). The van der Waals surface area contributed by atoms with Crippen molar-refractivity contribution >= 4 is 23.2 Å². The number of guanidine groups is 1. The number of hydrogen-bond donors (Lipinski definition) is 2. The van der Waals surface area contributed by atoms with Crippen molar-refractivity contribution in [3.8, 4) is 0 Å². The molecule has 0 unspecified atom stereocenters. The molecule has 6 nitrogen and oxygen atoms in total. The topological polar surface area (TPSA) is 103 Å². The summed E-state index contributed by atoms with van der Waals surface area (Å²) in [5.41, 5.74) is 11.4. The Morgan fingerprint density at radius 2 is 2.31 bits per heavy atom. The fraction of sp³-hybridized carbons (Fsp3) is 0. The molecule has 66 valence electrons. The highest BCUT2D eigenvalue weighted by Gasteiger charge is 2.03. The molecule has 0 amide bonds. The van der Waals surface area contributed by atoms with Crippen LogP contribution >= 0.6 is 0 Å². The monoisotopic (exact) mass is 177 g/mol. The van der Waals surface area contributed by atoms with E-state index < -0.39 is 0 Å². The number of hydrogen-bond acceptors (Lipinski definition) is 4. The predicted octanol–water partition coefficient (Wildman–Crippen LogP) is 0.128. The summed E-state index contributed by atoms with van der Waals surface area (Å²) in [6.07, 6.45) is 1.60. The normalized spacial score (nSPS) is 10.2. The molecule has 0 aliphatic heterocycles. The maximum Gasteiger partial charge on any atom is 0.327 e. The van der Waals surface area contributed by atoms with Gasteiger partial charge in [0.2, 0.25) is 5.71 Å². The zero-order valence-corrected chi connectivity index (χ0v) is 6.64. The number of fused-ring (bicyclic) bond motifs is 1. The van der Waals surface area contributed by atoms with Crippen LogP contribution in [0.15, 0.2) is 27.7 Å². The Labute approximate surface area is 73.3 Å². The van der Waals surface area contributed by atoms with E-state index in [4.69, 9.17) is 15.9 Å². The number of pyridine rings is 1. The van der Waals surface area contributed by atoms with E-state index in [9.17, 15) is 0 Å². The summed E-state index contributed by atoms with van der Waals surface area (Å²) in [7, 11) is 0. The molecule has 0 spiro atoms. The molecular formula is C7H7N5O. The van der Waals surface area contributed by atoms with E-state index in [1.807, 2.05) is 0 Å². The maximum atomic E-state index is 5.15. The number of oxazole rings is 1. The zero-order valence-electron chi connectivity index (χ0n) is 6.64. The van der Waals surface area contributed by atoms with E-state index in [0.29, 0.717) is 11.2 Å². The Hall–Kier alpha value is -2.11. The van der Waals surface area contributed by atoms with Crippen LogP contribution in [0, 0.1) is 0 Å². The molecule has 0 bridgehead atoms. The number of nitrogens with zero attached hydrogens (tertiary/aromatic N) is 3. The van der Waals surface area contributed by atoms with Crippen LogP contribution in [0.5, 0.6) is 0 Å². The lowest BCUT2D eigenvalue weighted by atomic mass is 10.5. The number of nitrogens with two attached hydrogens (primary N) is 2. The molecule has 6 heteroatoms. The van der Waals surface area contributed by atoms with Gasteiger partial charge in [0.1, 0.15) is 5.52 Å². The lowest BCUT2D eigenvalue weighted by molar-refractivity contribution is 0.602. The van der Waals surface area contributed by atoms with E-state index in [1.54, 1.807) is 18.3 Å². The molecular weight excluding hydrogens is 170 g/mol. The first kappa shape index (κ1) is 7.53. The van der Waals surface area contributed by atoms with Crippen molar-refractivity contribution in [1.82, 2.24) is 9.97 Å². The molecule has 4 N–H and O–H groups in total. The zero-order chi connectivity index (χ0) is 9.26. The lowest BCUT2D eigenvalue weighted by Gasteiger charge is -1.83. The van der Waals surface area contributed by atoms with Gasteiger partial charge in [-0.1, -0.05) is 0 Å². The number of aliphatic imine (C=N–C) groups is 1. The third kappa shape index (κ3) is 1.41. The van der Waals surface area contributed by atoms with Crippen molar-refractivity contribution in [1.29, 1.82) is 0 Å². The minimum absolute atomic E-state index is 0.0912. The molecule has 0 atom stereocenters. The van der Waals surface area contributed by atoms with Crippen molar-refractivity contribution in [2.24, 2.45) is 16.5 Å². The van der Waals surface area contributed by atoms with Crippen LogP contribution in [0.1, 0.15) is 0 Å². The Morgan fingerprint density at radius 1 is 1.46 bits per heavy atom. The summed E-state index contributed by atoms with van der Waals surface area (Å²) in [5, 5.41) is 0. The minimum Gasteiger partial charge on any atom is -0.403 e. The molecule has 0 saturated heterocycles. The van der Waals surface area contributed by atoms with E-state index >= 15 is 0 Å². The average molecular weight is 177 g/mol. The largest absolute Gasteiger partial charge is 0.403 e. The molecule has 2 heterocycles.